The van der Waals surface area contributed by atoms with Gasteiger partial charge in [0, 0.05) is 18.7 Å². The van der Waals surface area contributed by atoms with Crippen molar-refractivity contribution in [3.05, 3.63) is 65.5 Å². The van der Waals surface area contributed by atoms with E-state index in [1.165, 1.54) is 16.4 Å². The quantitative estimate of drug-likeness (QED) is 0.888. The van der Waals surface area contributed by atoms with Crippen LogP contribution in [0.4, 0.5) is 10.1 Å². The monoisotopic (exact) mass is 362 g/mol. The number of nitrogens with one attached hydrogen (secondary N) is 1. The van der Waals surface area contributed by atoms with Crippen LogP contribution in [0.3, 0.4) is 0 Å². The predicted octanol–water partition coefficient (Wildman–Crippen LogP) is 2.34. The minimum atomic E-state index is -3.22. The zero-order valence-electron chi connectivity index (χ0n) is 13.6. The third kappa shape index (κ3) is 4.17. The van der Waals surface area contributed by atoms with Crippen molar-refractivity contribution in [1.29, 1.82) is 0 Å². The Bertz CT molecular complexity index is 849. The Morgan fingerprint density at radius 2 is 1.76 bits per heavy atom. The number of halogens is 1. The molecule has 1 amide bonds. The van der Waals surface area contributed by atoms with Gasteiger partial charge in [-0.2, -0.15) is 0 Å². The zero-order valence-corrected chi connectivity index (χ0v) is 14.4. The highest BCUT2D eigenvalue weighted by Crippen LogP contribution is 2.24. The van der Waals surface area contributed by atoms with E-state index < -0.39 is 10.0 Å². The molecule has 1 N–H and O–H groups in total. The van der Waals surface area contributed by atoms with E-state index in [0.717, 1.165) is 5.56 Å². The van der Waals surface area contributed by atoms with Crippen LogP contribution >= 0.6 is 0 Å². The van der Waals surface area contributed by atoms with Crippen LogP contribution in [0.2, 0.25) is 0 Å². The highest BCUT2D eigenvalue weighted by atomic mass is 32.2. The largest absolute Gasteiger partial charge is 0.352 e. The number of carbonyl (C=O) groups is 1. The molecule has 25 heavy (non-hydrogen) atoms. The smallest absolute Gasteiger partial charge is 0.251 e. The average molecular weight is 362 g/mol. The van der Waals surface area contributed by atoms with E-state index in [1.807, 2.05) is 0 Å². The summed E-state index contributed by atoms with van der Waals surface area (Å²) in [5.74, 6) is -0.343. The third-order valence-corrected chi connectivity index (χ3v) is 6.00. The number of hydrogen-bond acceptors (Lipinski definition) is 3. The third-order valence-electron chi connectivity index (χ3n) is 4.13. The van der Waals surface area contributed by atoms with Crippen LogP contribution < -0.4 is 9.62 Å². The first-order chi connectivity index (χ1) is 12.0. The number of amides is 1. The Labute approximate surface area is 146 Å². The number of hydrogen-bond donors (Lipinski definition) is 1. The zero-order chi connectivity index (χ0) is 17.9. The lowest BCUT2D eigenvalue weighted by atomic mass is 10.1. The molecule has 0 bridgehead atoms. The summed E-state index contributed by atoms with van der Waals surface area (Å²) in [5.41, 5.74) is 2.00. The van der Waals surface area contributed by atoms with Gasteiger partial charge in [-0.15, -0.1) is 0 Å². The van der Waals surface area contributed by atoms with E-state index in [4.69, 9.17) is 0 Å². The molecule has 0 aromatic heterocycles. The second-order valence-corrected chi connectivity index (χ2v) is 7.93. The molecular formula is C18H19FN2O3S. The molecule has 0 spiro atoms. The van der Waals surface area contributed by atoms with E-state index >= 15 is 0 Å². The van der Waals surface area contributed by atoms with Crippen LogP contribution in [0.5, 0.6) is 0 Å². The number of anilines is 1. The van der Waals surface area contributed by atoms with Crippen LogP contribution in [-0.2, 0) is 16.4 Å². The van der Waals surface area contributed by atoms with Gasteiger partial charge in [0.2, 0.25) is 10.0 Å². The Balaban J connectivity index is 1.56. The molecule has 0 atom stereocenters. The first-order valence-corrected chi connectivity index (χ1v) is 9.70. The van der Waals surface area contributed by atoms with Crippen LogP contribution in [0.15, 0.2) is 48.5 Å². The number of nitrogens with zero attached hydrogens (tertiary/aromatic N) is 1. The molecule has 0 aliphatic carbocycles. The van der Waals surface area contributed by atoms with Crippen molar-refractivity contribution in [1.82, 2.24) is 5.32 Å². The molecule has 2 aromatic rings. The maximum absolute atomic E-state index is 12.8. The van der Waals surface area contributed by atoms with Crippen molar-refractivity contribution in [2.24, 2.45) is 0 Å². The summed E-state index contributed by atoms with van der Waals surface area (Å²) in [6.45, 7) is 0.915. The van der Waals surface area contributed by atoms with Gasteiger partial charge in [0.1, 0.15) is 5.82 Å². The molecule has 132 valence electrons. The van der Waals surface area contributed by atoms with Crippen LogP contribution in [-0.4, -0.2) is 33.2 Å². The number of rotatable bonds is 5. The summed E-state index contributed by atoms with van der Waals surface area (Å²) < 4.78 is 38.0. The van der Waals surface area contributed by atoms with Gasteiger partial charge in [-0.3, -0.25) is 9.10 Å². The molecule has 1 saturated heterocycles. The lowest BCUT2D eigenvalue weighted by Gasteiger charge is -2.17. The second kappa shape index (κ2) is 7.23. The summed E-state index contributed by atoms with van der Waals surface area (Å²) >= 11 is 0. The van der Waals surface area contributed by atoms with Crippen molar-refractivity contribution in [2.45, 2.75) is 12.8 Å². The summed E-state index contributed by atoms with van der Waals surface area (Å²) in [7, 11) is -3.22. The van der Waals surface area contributed by atoms with E-state index in [1.54, 1.807) is 36.4 Å². The molecule has 2 aromatic carbocycles. The van der Waals surface area contributed by atoms with Gasteiger partial charge in [-0.05, 0) is 54.8 Å². The predicted molar refractivity (Wildman–Crippen MR) is 94.6 cm³/mol. The highest BCUT2D eigenvalue weighted by Gasteiger charge is 2.28. The molecule has 0 unspecified atom stereocenters. The molecule has 1 aliphatic heterocycles. The minimum absolute atomic E-state index is 0.165. The molecule has 0 saturated carbocycles. The molecule has 1 aliphatic rings. The van der Waals surface area contributed by atoms with Crippen molar-refractivity contribution in [2.75, 3.05) is 23.1 Å². The van der Waals surface area contributed by atoms with E-state index in [2.05, 4.69) is 5.32 Å². The van der Waals surface area contributed by atoms with Gasteiger partial charge in [0.25, 0.3) is 5.91 Å². The maximum Gasteiger partial charge on any atom is 0.251 e. The molecular weight excluding hydrogens is 343 g/mol. The number of carbonyl (C=O) groups excluding carboxylic acids is 1. The first kappa shape index (κ1) is 17.4. The van der Waals surface area contributed by atoms with Gasteiger partial charge >= 0.3 is 0 Å². The number of sulfonamides is 1. The van der Waals surface area contributed by atoms with E-state index in [-0.39, 0.29) is 17.5 Å². The fourth-order valence-corrected chi connectivity index (χ4v) is 4.35. The van der Waals surface area contributed by atoms with Gasteiger partial charge in [-0.1, -0.05) is 12.1 Å². The van der Waals surface area contributed by atoms with Crippen LogP contribution in [0, 0.1) is 5.82 Å². The van der Waals surface area contributed by atoms with Gasteiger partial charge in [0.15, 0.2) is 0 Å². The fraction of sp³-hybridized carbons (Fsp3) is 0.278. The lowest BCUT2D eigenvalue weighted by Crippen LogP contribution is -2.26. The van der Waals surface area contributed by atoms with Gasteiger partial charge in [0.05, 0.1) is 11.4 Å². The molecule has 7 heteroatoms. The Kier molecular flexibility index (Phi) is 5.03. The maximum atomic E-state index is 12.8. The molecule has 1 fully saturated rings. The van der Waals surface area contributed by atoms with E-state index in [9.17, 15) is 17.6 Å². The van der Waals surface area contributed by atoms with E-state index in [0.29, 0.717) is 37.2 Å². The van der Waals surface area contributed by atoms with Gasteiger partial charge < -0.3 is 5.32 Å². The van der Waals surface area contributed by atoms with Crippen molar-refractivity contribution in [3.8, 4) is 0 Å². The summed E-state index contributed by atoms with van der Waals surface area (Å²) in [6, 6.07) is 12.7. The minimum Gasteiger partial charge on any atom is -0.352 e. The highest BCUT2D eigenvalue weighted by molar-refractivity contribution is 7.93. The fourth-order valence-electron chi connectivity index (χ4n) is 2.78. The summed E-state index contributed by atoms with van der Waals surface area (Å²) in [4.78, 5) is 12.1. The topological polar surface area (TPSA) is 66.5 Å². The normalized spacial score (nSPS) is 16.0. The first-order valence-electron chi connectivity index (χ1n) is 8.09. The Morgan fingerprint density at radius 1 is 1.08 bits per heavy atom. The summed E-state index contributed by atoms with van der Waals surface area (Å²) in [6.07, 6.45) is 1.23. The lowest BCUT2D eigenvalue weighted by molar-refractivity contribution is 0.0954. The van der Waals surface area contributed by atoms with Crippen LogP contribution in [0.25, 0.3) is 0 Å². The molecule has 0 radical (unpaired) electrons. The number of benzene rings is 2. The molecule has 5 nitrogen and oxygen atoms in total. The molecule has 1 heterocycles. The summed E-state index contributed by atoms with van der Waals surface area (Å²) in [5, 5.41) is 2.80. The SMILES string of the molecule is O=C(NCCc1ccc(F)cc1)c1ccc(N2CCCS2(=O)=O)cc1. The standard InChI is InChI=1S/C18H19FN2O3S/c19-16-6-2-14(3-7-16)10-11-20-18(22)15-4-8-17(9-5-15)21-12-1-13-25(21,23)24/h2-9H,1,10-13H2,(H,20,22). The molecule has 3 rings (SSSR count). The van der Waals surface area contributed by atoms with Crippen molar-refractivity contribution >= 4 is 21.6 Å². The van der Waals surface area contributed by atoms with Crippen LogP contribution in [0.1, 0.15) is 22.3 Å². The van der Waals surface area contributed by atoms with Gasteiger partial charge in [-0.25, -0.2) is 12.8 Å². The second-order valence-electron chi connectivity index (χ2n) is 5.92. The van der Waals surface area contributed by atoms with Crippen molar-refractivity contribution in [3.63, 3.8) is 0 Å². The average Bonchev–Trinajstić information content (AvgIpc) is 2.96. The Morgan fingerprint density at radius 3 is 2.36 bits per heavy atom. The van der Waals surface area contributed by atoms with Crippen molar-refractivity contribution < 1.29 is 17.6 Å². The Hall–Kier alpha value is -2.41.